The average Bonchev–Trinajstić information content (AvgIpc) is 2.24. The minimum atomic E-state index is 0.732. The molecule has 2 N–H and O–H groups in total. The summed E-state index contributed by atoms with van der Waals surface area (Å²) >= 11 is 0. The summed E-state index contributed by atoms with van der Waals surface area (Å²) in [5, 5.41) is 7.30. The molecule has 1 fully saturated rings. The minimum Gasteiger partial charge on any atom is -0.311 e. The zero-order valence-corrected chi connectivity index (χ0v) is 9.81. The fourth-order valence-electron chi connectivity index (χ4n) is 2.25. The Bertz CT molecular complexity index is 120. The molecule has 1 saturated heterocycles. The molecule has 0 aromatic rings. The second kappa shape index (κ2) is 7.24. The predicted octanol–water partition coefficient (Wildman–Crippen LogP) is 2.30. The van der Waals surface area contributed by atoms with Crippen LogP contribution < -0.4 is 10.6 Å². The van der Waals surface area contributed by atoms with Gasteiger partial charge in [0, 0.05) is 25.2 Å². The Labute approximate surface area is 88.8 Å². The van der Waals surface area contributed by atoms with Gasteiger partial charge < -0.3 is 10.6 Å². The molecule has 2 unspecified atom stereocenters. The summed E-state index contributed by atoms with van der Waals surface area (Å²) in [5.41, 5.74) is 0. The van der Waals surface area contributed by atoms with Crippen LogP contribution in [0.3, 0.4) is 0 Å². The van der Waals surface area contributed by atoms with Crippen LogP contribution in [0.1, 0.15) is 52.4 Å². The first-order valence-electron chi connectivity index (χ1n) is 6.35. The van der Waals surface area contributed by atoms with Gasteiger partial charge >= 0.3 is 0 Å². The largest absolute Gasteiger partial charge is 0.311 e. The maximum absolute atomic E-state index is 3.65. The monoisotopic (exact) mass is 198 g/mol. The van der Waals surface area contributed by atoms with E-state index in [0.717, 1.165) is 25.2 Å². The highest BCUT2D eigenvalue weighted by Gasteiger charge is 2.22. The molecular weight excluding hydrogens is 172 g/mol. The van der Waals surface area contributed by atoms with E-state index in [1.165, 1.54) is 38.5 Å². The van der Waals surface area contributed by atoms with Gasteiger partial charge in [-0.25, -0.2) is 0 Å². The normalized spacial score (nSPS) is 27.9. The van der Waals surface area contributed by atoms with Crippen LogP contribution in [0.5, 0.6) is 0 Å². The van der Waals surface area contributed by atoms with Gasteiger partial charge in [-0.05, 0) is 12.8 Å². The van der Waals surface area contributed by atoms with E-state index in [0.29, 0.717) is 0 Å². The minimum absolute atomic E-state index is 0.732. The first-order chi connectivity index (χ1) is 6.88. The zero-order chi connectivity index (χ0) is 10.2. The molecule has 0 bridgehead atoms. The lowest BCUT2D eigenvalue weighted by Crippen LogP contribution is -2.55. The van der Waals surface area contributed by atoms with E-state index >= 15 is 0 Å². The van der Waals surface area contributed by atoms with Crippen molar-refractivity contribution in [2.24, 2.45) is 0 Å². The number of nitrogens with one attached hydrogen (secondary N) is 2. The summed E-state index contributed by atoms with van der Waals surface area (Å²) in [6.45, 7) is 6.85. The Hall–Kier alpha value is -0.0800. The molecular formula is C12H26N2. The third-order valence-corrected chi connectivity index (χ3v) is 3.16. The maximum Gasteiger partial charge on any atom is 0.0221 e. The Morgan fingerprint density at radius 3 is 1.64 bits per heavy atom. The summed E-state index contributed by atoms with van der Waals surface area (Å²) in [7, 11) is 0. The van der Waals surface area contributed by atoms with Crippen molar-refractivity contribution in [1.29, 1.82) is 0 Å². The van der Waals surface area contributed by atoms with Gasteiger partial charge in [-0.1, -0.05) is 39.5 Å². The van der Waals surface area contributed by atoms with E-state index in [2.05, 4.69) is 24.5 Å². The number of hydrogen-bond acceptors (Lipinski definition) is 2. The van der Waals surface area contributed by atoms with Crippen molar-refractivity contribution >= 4 is 0 Å². The third-order valence-electron chi connectivity index (χ3n) is 3.16. The van der Waals surface area contributed by atoms with Crippen molar-refractivity contribution in [3.63, 3.8) is 0 Å². The zero-order valence-electron chi connectivity index (χ0n) is 9.81. The number of unbranched alkanes of at least 4 members (excludes halogenated alkanes) is 2. The third kappa shape index (κ3) is 3.97. The molecule has 0 aliphatic carbocycles. The molecule has 2 nitrogen and oxygen atoms in total. The number of rotatable bonds is 6. The van der Waals surface area contributed by atoms with Crippen LogP contribution in [0.15, 0.2) is 0 Å². The van der Waals surface area contributed by atoms with Crippen molar-refractivity contribution in [3.8, 4) is 0 Å². The summed E-state index contributed by atoms with van der Waals surface area (Å²) < 4.78 is 0. The van der Waals surface area contributed by atoms with Crippen LogP contribution in [0.25, 0.3) is 0 Å². The fraction of sp³-hybridized carbons (Fsp3) is 1.00. The topological polar surface area (TPSA) is 24.1 Å². The summed E-state index contributed by atoms with van der Waals surface area (Å²) in [6.07, 6.45) is 8.05. The van der Waals surface area contributed by atoms with Crippen molar-refractivity contribution in [2.75, 3.05) is 13.1 Å². The van der Waals surface area contributed by atoms with E-state index in [-0.39, 0.29) is 0 Å². The van der Waals surface area contributed by atoms with Crippen LogP contribution in [0, 0.1) is 0 Å². The van der Waals surface area contributed by atoms with Crippen LogP contribution >= 0.6 is 0 Å². The van der Waals surface area contributed by atoms with E-state index < -0.39 is 0 Å². The van der Waals surface area contributed by atoms with Gasteiger partial charge in [-0.3, -0.25) is 0 Å². The highest BCUT2D eigenvalue weighted by atomic mass is 15.1. The molecule has 2 heteroatoms. The van der Waals surface area contributed by atoms with Crippen molar-refractivity contribution in [2.45, 2.75) is 64.5 Å². The van der Waals surface area contributed by atoms with Gasteiger partial charge in [0.05, 0.1) is 0 Å². The van der Waals surface area contributed by atoms with E-state index in [1.54, 1.807) is 0 Å². The van der Waals surface area contributed by atoms with Gasteiger partial charge in [0.1, 0.15) is 0 Å². The smallest absolute Gasteiger partial charge is 0.0221 e. The van der Waals surface area contributed by atoms with Crippen molar-refractivity contribution < 1.29 is 0 Å². The van der Waals surface area contributed by atoms with E-state index in [4.69, 9.17) is 0 Å². The highest BCUT2D eigenvalue weighted by Crippen LogP contribution is 2.12. The van der Waals surface area contributed by atoms with Crippen LogP contribution in [0.2, 0.25) is 0 Å². The van der Waals surface area contributed by atoms with Gasteiger partial charge in [-0.2, -0.15) is 0 Å². The van der Waals surface area contributed by atoms with Gasteiger partial charge in [-0.15, -0.1) is 0 Å². The molecule has 1 aliphatic rings. The van der Waals surface area contributed by atoms with Crippen LogP contribution in [-0.4, -0.2) is 25.2 Å². The molecule has 2 atom stereocenters. The number of hydrogen-bond donors (Lipinski definition) is 2. The standard InChI is InChI=1S/C12H26N2/c1-3-5-7-11-12(8-6-4-2)14-10-9-13-11/h11-14H,3-10H2,1-2H3. The molecule has 1 heterocycles. The quantitative estimate of drug-likeness (QED) is 0.684. The Balaban J connectivity index is 2.26. The molecule has 0 saturated carbocycles. The lowest BCUT2D eigenvalue weighted by Gasteiger charge is -2.34. The fourth-order valence-corrected chi connectivity index (χ4v) is 2.25. The molecule has 0 radical (unpaired) electrons. The second-order valence-electron chi connectivity index (χ2n) is 4.41. The van der Waals surface area contributed by atoms with E-state index in [9.17, 15) is 0 Å². The molecule has 1 aliphatic heterocycles. The molecule has 84 valence electrons. The van der Waals surface area contributed by atoms with Crippen molar-refractivity contribution in [3.05, 3.63) is 0 Å². The number of piperazine rings is 1. The summed E-state index contributed by atoms with van der Waals surface area (Å²) in [5.74, 6) is 0. The lowest BCUT2D eigenvalue weighted by atomic mass is 9.95. The molecule has 1 rings (SSSR count). The molecule has 14 heavy (non-hydrogen) atoms. The van der Waals surface area contributed by atoms with E-state index in [1.807, 2.05) is 0 Å². The highest BCUT2D eigenvalue weighted by molar-refractivity contribution is 4.86. The molecule has 0 aromatic heterocycles. The Morgan fingerprint density at radius 2 is 1.29 bits per heavy atom. The van der Waals surface area contributed by atoms with Crippen LogP contribution in [-0.2, 0) is 0 Å². The van der Waals surface area contributed by atoms with Crippen molar-refractivity contribution in [1.82, 2.24) is 10.6 Å². The second-order valence-corrected chi connectivity index (χ2v) is 4.41. The maximum atomic E-state index is 3.65. The Morgan fingerprint density at radius 1 is 0.857 bits per heavy atom. The first-order valence-corrected chi connectivity index (χ1v) is 6.35. The predicted molar refractivity (Wildman–Crippen MR) is 62.6 cm³/mol. The lowest BCUT2D eigenvalue weighted by molar-refractivity contribution is 0.285. The van der Waals surface area contributed by atoms with Gasteiger partial charge in [0.15, 0.2) is 0 Å². The Kier molecular flexibility index (Phi) is 6.20. The first kappa shape index (κ1) is 12.0. The molecule has 0 spiro atoms. The SMILES string of the molecule is CCCCC1NCCNC1CCCC. The van der Waals surface area contributed by atoms with Gasteiger partial charge in [0.25, 0.3) is 0 Å². The average molecular weight is 198 g/mol. The summed E-state index contributed by atoms with van der Waals surface area (Å²) in [4.78, 5) is 0. The summed E-state index contributed by atoms with van der Waals surface area (Å²) in [6, 6.07) is 1.46. The van der Waals surface area contributed by atoms with Gasteiger partial charge in [0.2, 0.25) is 0 Å². The van der Waals surface area contributed by atoms with Crippen LogP contribution in [0.4, 0.5) is 0 Å². The molecule has 0 aromatic carbocycles. The molecule has 0 amide bonds.